The Morgan fingerprint density at radius 1 is 1.00 bits per heavy atom. The van der Waals surface area contributed by atoms with Gasteiger partial charge in [0.05, 0.1) is 0 Å². The van der Waals surface area contributed by atoms with Crippen molar-refractivity contribution in [3.8, 4) is 0 Å². The molecule has 4 rings (SSSR count). The van der Waals surface area contributed by atoms with E-state index in [1.165, 1.54) is 0 Å². The first-order chi connectivity index (χ1) is 14.5. The van der Waals surface area contributed by atoms with Gasteiger partial charge in [0.1, 0.15) is 0 Å². The maximum absolute atomic E-state index is 12.5. The summed E-state index contributed by atoms with van der Waals surface area (Å²) in [6.45, 7) is 1.72. The Balaban J connectivity index is 1.35. The van der Waals surface area contributed by atoms with E-state index in [9.17, 15) is 14.4 Å². The Kier molecular flexibility index (Phi) is 6.04. The number of hydrogen-bond donors (Lipinski definition) is 1. The molecule has 2 aromatic rings. The molecule has 2 fully saturated rings. The molecule has 2 heterocycles. The summed E-state index contributed by atoms with van der Waals surface area (Å²) in [6.07, 6.45) is 2.95. The molecule has 3 amide bonds. The van der Waals surface area contributed by atoms with Crippen LogP contribution in [0.5, 0.6) is 0 Å². The van der Waals surface area contributed by atoms with Gasteiger partial charge in [-0.05, 0) is 55.3 Å². The molecule has 0 spiro atoms. The second kappa shape index (κ2) is 8.88. The number of piperidine rings is 1. The van der Waals surface area contributed by atoms with Crippen LogP contribution in [0.25, 0.3) is 0 Å². The van der Waals surface area contributed by atoms with Crippen molar-refractivity contribution in [2.45, 2.75) is 25.7 Å². The fraction of sp³-hybridized carbons (Fsp3) is 0.348. The van der Waals surface area contributed by atoms with Gasteiger partial charge >= 0.3 is 0 Å². The molecule has 2 aliphatic heterocycles. The number of nitrogens with one attached hydrogen (secondary N) is 1. The van der Waals surface area contributed by atoms with Gasteiger partial charge in [0, 0.05) is 60.4 Å². The van der Waals surface area contributed by atoms with E-state index in [1.54, 1.807) is 29.2 Å². The van der Waals surface area contributed by atoms with Crippen molar-refractivity contribution in [1.29, 1.82) is 0 Å². The summed E-state index contributed by atoms with van der Waals surface area (Å²) in [4.78, 5) is 40.5. The minimum Gasteiger partial charge on any atom is -0.352 e. The highest BCUT2D eigenvalue weighted by atomic mass is 35.5. The zero-order chi connectivity index (χ0) is 21.1. The summed E-state index contributed by atoms with van der Waals surface area (Å²) >= 11 is 5.94. The van der Waals surface area contributed by atoms with E-state index in [0.717, 1.165) is 30.8 Å². The highest BCUT2D eigenvalue weighted by Crippen LogP contribution is 2.28. The predicted octanol–water partition coefficient (Wildman–Crippen LogP) is 3.64. The highest BCUT2D eigenvalue weighted by Gasteiger charge is 2.31. The molecule has 7 heteroatoms. The van der Waals surface area contributed by atoms with Crippen LogP contribution in [-0.2, 0) is 9.59 Å². The first kappa shape index (κ1) is 20.4. The smallest absolute Gasteiger partial charge is 0.251 e. The van der Waals surface area contributed by atoms with Gasteiger partial charge in [0.25, 0.3) is 5.91 Å². The summed E-state index contributed by atoms with van der Waals surface area (Å²) in [5.74, 6) is 0.0449. The van der Waals surface area contributed by atoms with E-state index in [1.807, 2.05) is 29.2 Å². The molecular formula is C23H24ClN3O3. The molecule has 2 aromatic carbocycles. The van der Waals surface area contributed by atoms with E-state index in [2.05, 4.69) is 5.32 Å². The Bertz CT molecular complexity index is 960. The molecule has 0 aliphatic carbocycles. The molecule has 6 nitrogen and oxygen atoms in total. The van der Waals surface area contributed by atoms with Crippen LogP contribution in [0.2, 0.25) is 5.02 Å². The third-order valence-corrected chi connectivity index (χ3v) is 5.87. The lowest BCUT2D eigenvalue weighted by atomic mass is 10.1. The van der Waals surface area contributed by atoms with Gasteiger partial charge in [-0.15, -0.1) is 0 Å². The molecule has 0 aromatic heterocycles. The van der Waals surface area contributed by atoms with Gasteiger partial charge in [-0.3, -0.25) is 14.4 Å². The van der Waals surface area contributed by atoms with E-state index >= 15 is 0 Å². The number of carbonyl (C=O) groups is 3. The number of rotatable bonds is 5. The number of nitrogens with zero attached hydrogens (tertiary/aromatic N) is 2. The van der Waals surface area contributed by atoms with Crippen molar-refractivity contribution < 1.29 is 14.4 Å². The fourth-order valence-corrected chi connectivity index (χ4v) is 4.22. The Hall–Kier alpha value is -2.86. The lowest BCUT2D eigenvalue weighted by Crippen LogP contribution is -2.35. The fourth-order valence-electron chi connectivity index (χ4n) is 4.03. The summed E-state index contributed by atoms with van der Waals surface area (Å²) in [7, 11) is 0. The minimum absolute atomic E-state index is 0.0406. The molecule has 0 bridgehead atoms. The lowest BCUT2D eigenvalue weighted by molar-refractivity contribution is -0.119. The first-order valence-corrected chi connectivity index (χ1v) is 10.6. The average molecular weight is 426 g/mol. The molecule has 0 radical (unpaired) electrons. The number of hydrogen-bond acceptors (Lipinski definition) is 3. The minimum atomic E-state index is -0.195. The Morgan fingerprint density at radius 2 is 1.73 bits per heavy atom. The van der Waals surface area contributed by atoms with Crippen LogP contribution in [0.1, 0.15) is 36.0 Å². The van der Waals surface area contributed by atoms with Gasteiger partial charge in [-0.1, -0.05) is 17.7 Å². The quantitative estimate of drug-likeness (QED) is 0.795. The predicted molar refractivity (Wildman–Crippen MR) is 117 cm³/mol. The second-order valence-corrected chi connectivity index (χ2v) is 8.25. The molecule has 1 N–H and O–H groups in total. The number of benzene rings is 2. The second-order valence-electron chi connectivity index (χ2n) is 7.81. The number of anilines is 2. The van der Waals surface area contributed by atoms with Crippen LogP contribution in [0, 0.1) is 5.92 Å². The van der Waals surface area contributed by atoms with Crippen molar-refractivity contribution in [2.75, 3.05) is 29.4 Å². The summed E-state index contributed by atoms with van der Waals surface area (Å²) in [6, 6.07) is 14.4. The number of halogens is 1. The zero-order valence-corrected chi connectivity index (χ0v) is 17.4. The molecule has 2 aliphatic rings. The number of amides is 3. The van der Waals surface area contributed by atoms with Crippen LogP contribution in [0.3, 0.4) is 0 Å². The largest absolute Gasteiger partial charge is 0.352 e. The van der Waals surface area contributed by atoms with Crippen LogP contribution < -0.4 is 15.1 Å². The van der Waals surface area contributed by atoms with Crippen LogP contribution >= 0.6 is 11.6 Å². The van der Waals surface area contributed by atoms with E-state index in [4.69, 9.17) is 11.6 Å². The summed E-state index contributed by atoms with van der Waals surface area (Å²) < 4.78 is 0. The molecule has 30 heavy (non-hydrogen) atoms. The molecule has 156 valence electrons. The maximum atomic E-state index is 12.5. The Morgan fingerprint density at radius 3 is 2.43 bits per heavy atom. The lowest BCUT2D eigenvalue weighted by Gasteiger charge is -2.27. The van der Waals surface area contributed by atoms with E-state index in [-0.39, 0.29) is 23.6 Å². The van der Waals surface area contributed by atoms with Gasteiger partial charge in [0.2, 0.25) is 11.8 Å². The third-order valence-electron chi connectivity index (χ3n) is 5.64. The summed E-state index contributed by atoms with van der Waals surface area (Å²) in [5.41, 5.74) is 2.20. The van der Waals surface area contributed by atoms with Crippen LogP contribution in [0.4, 0.5) is 11.4 Å². The van der Waals surface area contributed by atoms with Crippen molar-refractivity contribution in [1.82, 2.24) is 5.32 Å². The van der Waals surface area contributed by atoms with Crippen molar-refractivity contribution in [3.63, 3.8) is 0 Å². The number of carbonyl (C=O) groups excluding carboxylic acids is 3. The molecular weight excluding hydrogens is 402 g/mol. The molecule has 1 atom stereocenters. The van der Waals surface area contributed by atoms with Crippen molar-refractivity contribution >= 4 is 40.7 Å². The van der Waals surface area contributed by atoms with Gasteiger partial charge in [-0.25, -0.2) is 0 Å². The monoisotopic (exact) mass is 425 g/mol. The Labute approximate surface area is 180 Å². The first-order valence-electron chi connectivity index (χ1n) is 10.3. The van der Waals surface area contributed by atoms with Gasteiger partial charge < -0.3 is 15.1 Å². The van der Waals surface area contributed by atoms with Gasteiger partial charge in [-0.2, -0.15) is 0 Å². The summed E-state index contributed by atoms with van der Waals surface area (Å²) in [5, 5.41) is 3.41. The average Bonchev–Trinajstić information content (AvgIpc) is 3.13. The van der Waals surface area contributed by atoms with E-state index in [0.29, 0.717) is 36.5 Å². The normalized spacial score (nSPS) is 19.3. The SMILES string of the molecule is O=C(NCC1CC(=O)N(c2ccc(N3CCCCC3=O)cc2)C1)c1cccc(Cl)c1. The van der Waals surface area contributed by atoms with Crippen LogP contribution in [0.15, 0.2) is 48.5 Å². The zero-order valence-electron chi connectivity index (χ0n) is 16.6. The maximum Gasteiger partial charge on any atom is 0.251 e. The molecule has 1 unspecified atom stereocenters. The van der Waals surface area contributed by atoms with Crippen molar-refractivity contribution in [3.05, 3.63) is 59.1 Å². The van der Waals surface area contributed by atoms with E-state index < -0.39 is 0 Å². The third kappa shape index (κ3) is 4.49. The van der Waals surface area contributed by atoms with Gasteiger partial charge in [0.15, 0.2) is 0 Å². The van der Waals surface area contributed by atoms with Crippen molar-refractivity contribution in [2.24, 2.45) is 5.92 Å². The topological polar surface area (TPSA) is 69.7 Å². The highest BCUT2D eigenvalue weighted by molar-refractivity contribution is 6.30. The molecule has 2 saturated heterocycles. The van der Waals surface area contributed by atoms with Crippen LogP contribution in [-0.4, -0.2) is 37.4 Å². The molecule has 0 saturated carbocycles. The standard InChI is InChI=1S/C23H24ClN3O3/c24-18-5-3-4-17(13-18)23(30)25-14-16-12-22(29)27(15-16)20-9-7-19(8-10-20)26-11-2-1-6-21(26)28/h3-5,7-10,13,16H,1-2,6,11-12,14-15H2,(H,25,30).